The van der Waals surface area contributed by atoms with Gasteiger partial charge in [-0.2, -0.15) is 0 Å². The summed E-state index contributed by atoms with van der Waals surface area (Å²) in [6.45, 7) is 9.00. The summed E-state index contributed by atoms with van der Waals surface area (Å²) in [5.41, 5.74) is 0. The summed E-state index contributed by atoms with van der Waals surface area (Å²) in [4.78, 5) is 0. The molecular weight excluding hydrogens is 272 g/mol. The minimum absolute atomic E-state index is 0.138. The normalized spacial score (nSPS) is 39.3. The Morgan fingerprint density at radius 2 is 1.27 bits per heavy atom. The highest BCUT2D eigenvalue weighted by Crippen LogP contribution is 2.50. The van der Waals surface area contributed by atoms with Gasteiger partial charge in [-0.05, 0) is 48.9 Å². The maximum atomic E-state index is 11.1. The van der Waals surface area contributed by atoms with Gasteiger partial charge in [-0.3, -0.25) is 0 Å². The molecule has 0 amide bonds. The molecule has 2 N–H and O–H groups in total. The average Bonchev–Trinajstić information content (AvgIpc) is 2.75. The van der Waals surface area contributed by atoms with E-state index in [0.717, 1.165) is 38.5 Å². The molecule has 0 bridgehead atoms. The van der Waals surface area contributed by atoms with E-state index in [-0.39, 0.29) is 18.1 Å². The number of fused-ring (bicyclic) bond motifs is 1. The molecule has 22 heavy (non-hydrogen) atoms. The van der Waals surface area contributed by atoms with Gasteiger partial charge in [-0.1, -0.05) is 59.8 Å². The van der Waals surface area contributed by atoms with Crippen LogP contribution in [0.3, 0.4) is 0 Å². The first-order valence-electron chi connectivity index (χ1n) is 9.94. The summed E-state index contributed by atoms with van der Waals surface area (Å²) in [6, 6.07) is 0. The standard InChI is InChI=1S/C20H38O2/c1-5-13(6-2)16-11-9-10-15-12-17(14(7-3)8-4)20(22)18(15)19(16)21/h13-22H,5-12H2,1-4H3/t15?,16-,17-,18?,19?,20?/m1/s1. The number of aliphatic hydroxyl groups is 2. The fraction of sp³-hybridized carbons (Fsp3) is 1.00. The Hall–Kier alpha value is -0.0800. The Bertz CT molecular complexity index is 322. The van der Waals surface area contributed by atoms with E-state index in [2.05, 4.69) is 27.7 Å². The molecule has 0 aromatic carbocycles. The Labute approximate surface area is 137 Å². The summed E-state index contributed by atoms with van der Waals surface area (Å²) in [5.74, 6) is 2.75. The second kappa shape index (κ2) is 8.15. The molecule has 2 aliphatic carbocycles. The fourth-order valence-electron chi connectivity index (χ4n) is 5.85. The first-order valence-corrected chi connectivity index (χ1v) is 9.94. The molecule has 2 rings (SSSR count). The summed E-state index contributed by atoms with van der Waals surface area (Å²) in [7, 11) is 0. The molecule has 0 aromatic heterocycles. The third kappa shape index (κ3) is 3.38. The van der Waals surface area contributed by atoms with Crippen LogP contribution < -0.4 is 0 Å². The van der Waals surface area contributed by atoms with Crippen molar-refractivity contribution in [3.8, 4) is 0 Å². The van der Waals surface area contributed by atoms with Crippen molar-refractivity contribution in [2.75, 3.05) is 0 Å². The lowest BCUT2D eigenvalue weighted by molar-refractivity contribution is -0.0451. The zero-order chi connectivity index (χ0) is 16.3. The van der Waals surface area contributed by atoms with Crippen LogP contribution in [0, 0.1) is 35.5 Å². The van der Waals surface area contributed by atoms with Gasteiger partial charge in [0.25, 0.3) is 0 Å². The summed E-state index contributed by atoms with van der Waals surface area (Å²) >= 11 is 0. The molecule has 130 valence electrons. The average molecular weight is 311 g/mol. The molecule has 2 heteroatoms. The zero-order valence-corrected chi connectivity index (χ0v) is 15.2. The van der Waals surface area contributed by atoms with Crippen LogP contribution in [0.25, 0.3) is 0 Å². The zero-order valence-electron chi connectivity index (χ0n) is 15.2. The van der Waals surface area contributed by atoms with Crippen LogP contribution in [0.2, 0.25) is 0 Å². The lowest BCUT2D eigenvalue weighted by atomic mass is 9.75. The topological polar surface area (TPSA) is 40.5 Å². The van der Waals surface area contributed by atoms with E-state index >= 15 is 0 Å². The second-order valence-electron chi connectivity index (χ2n) is 7.97. The molecule has 0 saturated heterocycles. The van der Waals surface area contributed by atoms with Crippen molar-refractivity contribution in [3.63, 3.8) is 0 Å². The molecular formula is C20H38O2. The van der Waals surface area contributed by atoms with Crippen LogP contribution in [0.1, 0.15) is 79.1 Å². The Morgan fingerprint density at radius 1 is 0.773 bits per heavy atom. The van der Waals surface area contributed by atoms with Gasteiger partial charge < -0.3 is 10.2 Å². The first kappa shape index (κ1) is 18.3. The number of rotatable bonds is 6. The van der Waals surface area contributed by atoms with Crippen LogP contribution >= 0.6 is 0 Å². The third-order valence-electron chi connectivity index (χ3n) is 7.21. The second-order valence-corrected chi connectivity index (χ2v) is 7.97. The summed E-state index contributed by atoms with van der Waals surface area (Å²) in [5, 5.41) is 22.1. The summed E-state index contributed by atoms with van der Waals surface area (Å²) < 4.78 is 0. The van der Waals surface area contributed by atoms with E-state index in [0.29, 0.717) is 29.6 Å². The molecule has 2 aliphatic rings. The van der Waals surface area contributed by atoms with E-state index in [1.165, 1.54) is 12.8 Å². The predicted molar refractivity (Wildman–Crippen MR) is 92.6 cm³/mol. The van der Waals surface area contributed by atoms with Crippen molar-refractivity contribution in [3.05, 3.63) is 0 Å². The molecule has 0 heterocycles. The Morgan fingerprint density at radius 3 is 1.82 bits per heavy atom. The van der Waals surface area contributed by atoms with E-state index in [4.69, 9.17) is 0 Å². The number of hydrogen-bond donors (Lipinski definition) is 2. The fourth-order valence-corrected chi connectivity index (χ4v) is 5.85. The lowest BCUT2D eigenvalue weighted by Gasteiger charge is -2.35. The molecule has 6 atom stereocenters. The molecule has 2 saturated carbocycles. The van der Waals surface area contributed by atoms with Gasteiger partial charge in [0, 0.05) is 5.92 Å². The Kier molecular flexibility index (Phi) is 6.76. The highest BCUT2D eigenvalue weighted by molar-refractivity contribution is 5.00. The van der Waals surface area contributed by atoms with Crippen molar-refractivity contribution in [1.29, 1.82) is 0 Å². The van der Waals surface area contributed by atoms with Gasteiger partial charge in [0.2, 0.25) is 0 Å². The van der Waals surface area contributed by atoms with Gasteiger partial charge in [0.1, 0.15) is 0 Å². The van der Waals surface area contributed by atoms with E-state index in [9.17, 15) is 10.2 Å². The lowest BCUT2D eigenvalue weighted by Crippen LogP contribution is -2.40. The van der Waals surface area contributed by atoms with E-state index < -0.39 is 0 Å². The van der Waals surface area contributed by atoms with Crippen molar-refractivity contribution < 1.29 is 10.2 Å². The maximum absolute atomic E-state index is 11.1. The largest absolute Gasteiger partial charge is 0.392 e. The third-order valence-corrected chi connectivity index (χ3v) is 7.21. The molecule has 4 unspecified atom stereocenters. The van der Waals surface area contributed by atoms with Crippen LogP contribution in [-0.2, 0) is 0 Å². The minimum atomic E-state index is -0.285. The van der Waals surface area contributed by atoms with Gasteiger partial charge in [-0.15, -0.1) is 0 Å². The SMILES string of the molecule is CCC(CC)[C@H]1CCCC2C[C@H](C(CC)CC)C(O)C2C1O. The van der Waals surface area contributed by atoms with E-state index in [1.54, 1.807) is 0 Å². The minimum Gasteiger partial charge on any atom is -0.392 e. The van der Waals surface area contributed by atoms with Crippen LogP contribution in [0.15, 0.2) is 0 Å². The van der Waals surface area contributed by atoms with Crippen LogP contribution in [0.4, 0.5) is 0 Å². The highest BCUT2D eigenvalue weighted by atomic mass is 16.3. The van der Waals surface area contributed by atoms with Crippen molar-refractivity contribution in [2.45, 2.75) is 91.3 Å². The highest BCUT2D eigenvalue weighted by Gasteiger charge is 2.50. The van der Waals surface area contributed by atoms with E-state index in [1.807, 2.05) is 0 Å². The smallest absolute Gasteiger partial charge is 0.0626 e. The van der Waals surface area contributed by atoms with Gasteiger partial charge >= 0.3 is 0 Å². The molecule has 2 nitrogen and oxygen atoms in total. The molecule has 0 aromatic rings. The van der Waals surface area contributed by atoms with Gasteiger partial charge in [0.05, 0.1) is 12.2 Å². The maximum Gasteiger partial charge on any atom is 0.0626 e. The van der Waals surface area contributed by atoms with Crippen molar-refractivity contribution in [2.24, 2.45) is 35.5 Å². The summed E-state index contributed by atoms with van der Waals surface area (Å²) in [6.07, 6.45) is 8.81. The first-order chi connectivity index (χ1) is 10.6. The van der Waals surface area contributed by atoms with Gasteiger partial charge in [-0.25, -0.2) is 0 Å². The number of aliphatic hydroxyl groups excluding tert-OH is 2. The molecule has 0 aliphatic heterocycles. The van der Waals surface area contributed by atoms with Crippen molar-refractivity contribution in [1.82, 2.24) is 0 Å². The number of hydrogen-bond acceptors (Lipinski definition) is 2. The van der Waals surface area contributed by atoms with Crippen molar-refractivity contribution >= 4 is 0 Å². The Balaban J connectivity index is 2.17. The molecule has 0 radical (unpaired) electrons. The quantitative estimate of drug-likeness (QED) is 0.750. The van der Waals surface area contributed by atoms with Gasteiger partial charge in [0.15, 0.2) is 0 Å². The molecule has 2 fully saturated rings. The predicted octanol–water partition coefficient (Wildman–Crippen LogP) is 4.63. The monoisotopic (exact) mass is 310 g/mol. The van der Waals surface area contributed by atoms with Crippen LogP contribution in [0.5, 0.6) is 0 Å². The molecule has 0 spiro atoms. The van der Waals surface area contributed by atoms with Crippen LogP contribution in [-0.4, -0.2) is 22.4 Å².